The number of halogens is 1. The molecule has 1 aromatic heterocycles. The zero-order valence-corrected chi connectivity index (χ0v) is 13.1. The summed E-state index contributed by atoms with van der Waals surface area (Å²) in [5, 5.41) is 3.29. The predicted molar refractivity (Wildman–Crippen MR) is 83.9 cm³/mol. The van der Waals surface area contributed by atoms with Gasteiger partial charge in [0.15, 0.2) is 0 Å². The molecule has 0 amide bonds. The van der Waals surface area contributed by atoms with Crippen molar-refractivity contribution in [3.63, 3.8) is 0 Å². The van der Waals surface area contributed by atoms with Crippen LogP contribution in [0.2, 0.25) is 5.28 Å². The van der Waals surface area contributed by atoms with E-state index in [1.165, 1.54) is 5.56 Å². The molecule has 0 spiro atoms. The van der Waals surface area contributed by atoms with Gasteiger partial charge < -0.3 is 10.1 Å². The highest BCUT2D eigenvalue weighted by Crippen LogP contribution is 2.17. The average Bonchev–Trinajstić information content (AvgIpc) is 2.44. The van der Waals surface area contributed by atoms with Gasteiger partial charge in [-0.15, -0.1) is 0 Å². The molecule has 0 saturated carbocycles. The Labute approximate surface area is 129 Å². The van der Waals surface area contributed by atoms with Crippen LogP contribution in [0, 0.1) is 0 Å². The van der Waals surface area contributed by atoms with E-state index in [4.69, 9.17) is 16.3 Å². The van der Waals surface area contributed by atoms with Gasteiger partial charge in [0, 0.05) is 6.54 Å². The van der Waals surface area contributed by atoms with Gasteiger partial charge in [-0.1, -0.05) is 37.3 Å². The predicted octanol–water partition coefficient (Wildman–Crippen LogP) is 3.53. The normalized spacial score (nSPS) is 12.2. The molecular formula is C15H19ClN4O. The van der Waals surface area contributed by atoms with Crippen LogP contribution < -0.4 is 10.1 Å². The molecule has 5 nitrogen and oxygen atoms in total. The maximum Gasteiger partial charge on any atom is 0.322 e. The second kappa shape index (κ2) is 7.22. The number of anilines is 1. The molecular weight excluding hydrogens is 288 g/mol. The number of ether oxygens (including phenoxy) is 1. The molecule has 1 N–H and O–H groups in total. The van der Waals surface area contributed by atoms with Gasteiger partial charge in [0.1, 0.15) is 0 Å². The third-order valence-corrected chi connectivity index (χ3v) is 3.03. The van der Waals surface area contributed by atoms with E-state index in [9.17, 15) is 0 Å². The van der Waals surface area contributed by atoms with E-state index in [1.54, 1.807) is 0 Å². The summed E-state index contributed by atoms with van der Waals surface area (Å²) in [6.45, 7) is 6.65. The molecule has 2 rings (SSSR count). The van der Waals surface area contributed by atoms with Crippen molar-refractivity contribution in [2.45, 2.75) is 32.8 Å². The largest absolute Gasteiger partial charge is 0.461 e. The summed E-state index contributed by atoms with van der Waals surface area (Å²) in [5.41, 5.74) is 1.25. The quantitative estimate of drug-likeness (QED) is 0.884. The second-order valence-electron chi connectivity index (χ2n) is 5.07. The van der Waals surface area contributed by atoms with Gasteiger partial charge in [0.2, 0.25) is 11.2 Å². The molecule has 1 atom stereocenters. The Bertz CT molecular complexity index is 577. The summed E-state index contributed by atoms with van der Waals surface area (Å²) in [4.78, 5) is 12.2. The van der Waals surface area contributed by atoms with Crippen molar-refractivity contribution in [1.29, 1.82) is 0 Å². The number of nitrogens with one attached hydrogen (secondary N) is 1. The van der Waals surface area contributed by atoms with Crippen LogP contribution in [0.15, 0.2) is 30.3 Å². The zero-order chi connectivity index (χ0) is 15.2. The molecule has 0 aliphatic rings. The van der Waals surface area contributed by atoms with Gasteiger partial charge in [0.25, 0.3) is 0 Å². The van der Waals surface area contributed by atoms with Crippen molar-refractivity contribution in [3.05, 3.63) is 41.2 Å². The first-order valence-corrected chi connectivity index (χ1v) is 7.29. The molecule has 0 bridgehead atoms. The maximum atomic E-state index is 5.88. The number of hydrogen-bond donors (Lipinski definition) is 1. The van der Waals surface area contributed by atoms with E-state index in [-0.39, 0.29) is 17.4 Å². The summed E-state index contributed by atoms with van der Waals surface area (Å²) in [7, 11) is 0. The standard InChI is InChI=1S/C15H19ClN4O/c1-10(2)21-15-19-13(16)18-14(20-15)17-9-11(3)12-7-5-4-6-8-12/h4-8,10-11H,9H2,1-3H3,(H,17,18,19,20). The third kappa shape index (κ3) is 4.86. The maximum absolute atomic E-state index is 5.88. The van der Waals surface area contributed by atoms with E-state index in [0.717, 1.165) is 0 Å². The van der Waals surface area contributed by atoms with E-state index in [2.05, 4.69) is 39.3 Å². The fourth-order valence-corrected chi connectivity index (χ4v) is 1.97. The molecule has 0 saturated heterocycles. The van der Waals surface area contributed by atoms with Crippen molar-refractivity contribution in [1.82, 2.24) is 15.0 Å². The summed E-state index contributed by atoms with van der Waals surface area (Å²) in [6, 6.07) is 10.5. The lowest BCUT2D eigenvalue weighted by Gasteiger charge is -2.14. The minimum absolute atomic E-state index is 0.0143. The number of hydrogen-bond acceptors (Lipinski definition) is 5. The zero-order valence-electron chi connectivity index (χ0n) is 12.4. The van der Waals surface area contributed by atoms with Crippen LogP contribution in [0.25, 0.3) is 0 Å². The summed E-state index contributed by atoms with van der Waals surface area (Å²) >= 11 is 5.88. The minimum atomic E-state index is -0.0143. The third-order valence-electron chi connectivity index (χ3n) is 2.86. The Morgan fingerprint density at radius 2 is 1.81 bits per heavy atom. The summed E-state index contributed by atoms with van der Waals surface area (Å²) < 4.78 is 5.44. The van der Waals surface area contributed by atoms with E-state index in [1.807, 2.05) is 32.0 Å². The lowest BCUT2D eigenvalue weighted by atomic mass is 10.0. The number of nitrogens with zero attached hydrogens (tertiary/aromatic N) is 3. The van der Waals surface area contributed by atoms with Crippen molar-refractivity contribution >= 4 is 17.5 Å². The van der Waals surface area contributed by atoms with Crippen molar-refractivity contribution in [2.24, 2.45) is 0 Å². The average molecular weight is 307 g/mol. The second-order valence-corrected chi connectivity index (χ2v) is 5.41. The molecule has 0 radical (unpaired) electrons. The van der Waals surface area contributed by atoms with Crippen molar-refractivity contribution in [3.8, 4) is 6.01 Å². The molecule has 1 aromatic carbocycles. The highest BCUT2D eigenvalue weighted by Gasteiger charge is 2.10. The first-order valence-electron chi connectivity index (χ1n) is 6.91. The highest BCUT2D eigenvalue weighted by atomic mass is 35.5. The molecule has 2 aromatic rings. The molecule has 112 valence electrons. The van der Waals surface area contributed by atoms with E-state index < -0.39 is 0 Å². The van der Waals surface area contributed by atoms with Gasteiger partial charge in [-0.05, 0) is 36.9 Å². The van der Waals surface area contributed by atoms with Gasteiger partial charge in [-0.3, -0.25) is 0 Å². The van der Waals surface area contributed by atoms with Crippen LogP contribution in [0.5, 0.6) is 6.01 Å². The lowest BCUT2D eigenvalue weighted by Crippen LogP contribution is -2.14. The first kappa shape index (κ1) is 15.5. The number of rotatable bonds is 6. The fourth-order valence-electron chi connectivity index (χ4n) is 1.82. The smallest absolute Gasteiger partial charge is 0.322 e. The molecule has 1 unspecified atom stereocenters. The van der Waals surface area contributed by atoms with Gasteiger partial charge >= 0.3 is 6.01 Å². The Hall–Kier alpha value is -1.88. The Morgan fingerprint density at radius 3 is 2.48 bits per heavy atom. The SMILES string of the molecule is CC(C)Oc1nc(Cl)nc(NCC(C)c2ccccc2)n1. The molecule has 6 heteroatoms. The number of aromatic nitrogens is 3. The lowest BCUT2D eigenvalue weighted by molar-refractivity contribution is 0.222. The summed E-state index contributed by atoms with van der Waals surface area (Å²) in [6.07, 6.45) is -0.0143. The van der Waals surface area contributed by atoms with Crippen LogP contribution in [0.4, 0.5) is 5.95 Å². The Balaban J connectivity index is 2.01. The molecule has 0 fully saturated rings. The molecule has 0 aliphatic heterocycles. The molecule has 1 heterocycles. The van der Waals surface area contributed by atoms with Gasteiger partial charge in [-0.25, -0.2) is 0 Å². The van der Waals surface area contributed by atoms with Crippen molar-refractivity contribution in [2.75, 3.05) is 11.9 Å². The fraction of sp³-hybridized carbons (Fsp3) is 0.400. The first-order chi connectivity index (χ1) is 10.0. The van der Waals surface area contributed by atoms with Gasteiger partial charge in [-0.2, -0.15) is 15.0 Å². The van der Waals surface area contributed by atoms with Crippen LogP contribution >= 0.6 is 11.6 Å². The highest BCUT2D eigenvalue weighted by molar-refractivity contribution is 6.28. The van der Waals surface area contributed by atoms with Crippen molar-refractivity contribution < 1.29 is 4.74 Å². The molecule has 21 heavy (non-hydrogen) atoms. The van der Waals surface area contributed by atoms with E-state index >= 15 is 0 Å². The topological polar surface area (TPSA) is 59.9 Å². The van der Waals surface area contributed by atoms with Crippen LogP contribution in [0.1, 0.15) is 32.3 Å². The van der Waals surface area contributed by atoms with Gasteiger partial charge in [0.05, 0.1) is 6.10 Å². The van der Waals surface area contributed by atoms with Crippen LogP contribution in [-0.4, -0.2) is 27.6 Å². The Morgan fingerprint density at radius 1 is 1.10 bits per heavy atom. The molecule has 0 aliphatic carbocycles. The van der Waals surface area contributed by atoms with Crippen LogP contribution in [0.3, 0.4) is 0 Å². The minimum Gasteiger partial charge on any atom is -0.461 e. The monoisotopic (exact) mass is 306 g/mol. The number of benzene rings is 1. The van der Waals surface area contributed by atoms with Crippen LogP contribution in [-0.2, 0) is 0 Å². The Kier molecular flexibility index (Phi) is 5.33. The summed E-state index contributed by atoms with van der Waals surface area (Å²) in [5.74, 6) is 0.754. The van der Waals surface area contributed by atoms with E-state index in [0.29, 0.717) is 18.4 Å².